The Balaban J connectivity index is 2.09. The van der Waals surface area contributed by atoms with Gasteiger partial charge in [-0.05, 0) is 31.6 Å². The summed E-state index contributed by atoms with van der Waals surface area (Å²) in [6.07, 6.45) is 3.32. The summed E-state index contributed by atoms with van der Waals surface area (Å²) in [5.41, 5.74) is 2.83. The van der Waals surface area contributed by atoms with E-state index in [0.29, 0.717) is 5.92 Å². The van der Waals surface area contributed by atoms with Gasteiger partial charge in [-0.25, -0.2) is 4.98 Å². The molecule has 2 rings (SSSR count). The van der Waals surface area contributed by atoms with Crippen LogP contribution in [0.5, 0.6) is 0 Å². The number of thiazole rings is 1. The highest BCUT2D eigenvalue weighted by atomic mass is 32.1. The molecular formula is C11H17NOS. The van der Waals surface area contributed by atoms with Crippen LogP contribution < -0.4 is 0 Å². The fraction of sp³-hybridized carbons (Fsp3) is 0.727. The van der Waals surface area contributed by atoms with Crippen molar-refractivity contribution in [3.8, 4) is 0 Å². The Morgan fingerprint density at radius 1 is 1.57 bits per heavy atom. The zero-order valence-corrected chi connectivity index (χ0v) is 9.55. The average Bonchev–Trinajstić information content (AvgIpc) is 2.73. The van der Waals surface area contributed by atoms with Gasteiger partial charge in [0.15, 0.2) is 0 Å². The van der Waals surface area contributed by atoms with E-state index >= 15 is 0 Å². The van der Waals surface area contributed by atoms with Crippen LogP contribution in [0.4, 0.5) is 0 Å². The largest absolute Gasteiger partial charge is 0.387 e. The van der Waals surface area contributed by atoms with Crippen molar-refractivity contribution in [3.05, 3.63) is 16.1 Å². The summed E-state index contributed by atoms with van der Waals surface area (Å²) in [5.74, 6) is 1.24. The molecule has 1 heterocycles. The van der Waals surface area contributed by atoms with E-state index in [1.54, 1.807) is 11.3 Å². The van der Waals surface area contributed by atoms with E-state index in [9.17, 15) is 5.11 Å². The number of nitrogens with zero attached hydrogens (tertiary/aromatic N) is 1. The molecule has 0 amide bonds. The molecule has 0 aromatic carbocycles. The van der Waals surface area contributed by atoms with Crippen molar-refractivity contribution in [2.75, 3.05) is 0 Å². The van der Waals surface area contributed by atoms with Crippen molar-refractivity contribution >= 4 is 11.3 Å². The molecule has 3 unspecified atom stereocenters. The third kappa shape index (κ3) is 1.84. The van der Waals surface area contributed by atoms with Crippen molar-refractivity contribution < 1.29 is 5.11 Å². The van der Waals surface area contributed by atoms with Gasteiger partial charge in [-0.15, -0.1) is 11.3 Å². The molecule has 0 radical (unpaired) electrons. The van der Waals surface area contributed by atoms with E-state index in [4.69, 9.17) is 0 Å². The van der Waals surface area contributed by atoms with E-state index in [2.05, 4.69) is 11.9 Å². The van der Waals surface area contributed by atoms with Crippen molar-refractivity contribution in [3.63, 3.8) is 0 Å². The maximum absolute atomic E-state index is 10.2. The van der Waals surface area contributed by atoms with Gasteiger partial charge < -0.3 is 5.11 Å². The van der Waals surface area contributed by atoms with Gasteiger partial charge in [0.1, 0.15) is 0 Å². The molecule has 0 spiro atoms. The molecule has 3 atom stereocenters. The molecule has 1 aromatic rings. The van der Waals surface area contributed by atoms with Gasteiger partial charge in [-0.1, -0.05) is 13.3 Å². The first-order chi connectivity index (χ1) is 6.68. The summed E-state index contributed by atoms with van der Waals surface area (Å²) in [6.45, 7) is 4.25. The molecule has 1 aliphatic rings. The minimum atomic E-state index is -0.271. The van der Waals surface area contributed by atoms with Gasteiger partial charge in [0.25, 0.3) is 0 Å². The van der Waals surface area contributed by atoms with Gasteiger partial charge >= 0.3 is 0 Å². The van der Waals surface area contributed by atoms with Crippen LogP contribution in [0, 0.1) is 18.8 Å². The van der Waals surface area contributed by atoms with Gasteiger partial charge in [-0.2, -0.15) is 0 Å². The topological polar surface area (TPSA) is 33.1 Å². The first kappa shape index (κ1) is 10.1. The minimum Gasteiger partial charge on any atom is -0.387 e. The fourth-order valence-corrected chi connectivity index (χ4v) is 3.23. The van der Waals surface area contributed by atoms with Crippen molar-refractivity contribution in [1.29, 1.82) is 0 Å². The van der Waals surface area contributed by atoms with Gasteiger partial charge in [0.05, 0.1) is 22.2 Å². The number of aliphatic hydroxyl groups is 1. The first-order valence-electron chi connectivity index (χ1n) is 5.26. The van der Waals surface area contributed by atoms with E-state index in [1.807, 2.05) is 12.4 Å². The fourth-order valence-electron chi connectivity index (χ4n) is 2.35. The van der Waals surface area contributed by atoms with Crippen LogP contribution in [0.15, 0.2) is 5.51 Å². The summed E-state index contributed by atoms with van der Waals surface area (Å²) in [5, 5.41) is 10.2. The van der Waals surface area contributed by atoms with Crippen LogP contribution in [0.25, 0.3) is 0 Å². The van der Waals surface area contributed by atoms with E-state index < -0.39 is 0 Å². The zero-order valence-electron chi connectivity index (χ0n) is 8.73. The Morgan fingerprint density at radius 2 is 2.36 bits per heavy atom. The lowest BCUT2D eigenvalue weighted by Crippen LogP contribution is -2.09. The summed E-state index contributed by atoms with van der Waals surface area (Å²) >= 11 is 1.58. The smallest absolute Gasteiger partial charge is 0.0928 e. The number of hydrogen-bond donors (Lipinski definition) is 1. The van der Waals surface area contributed by atoms with Crippen LogP contribution in [-0.4, -0.2) is 10.1 Å². The summed E-state index contributed by atoms with van der Waals surface area (Å²) in [7, 11) is 0. The molecule has 78 valence electrons. The zero-order chi connectivity index (χ0) is 10.1. The van der Waals surface area contributed by atoms with Gasteiger partial charge in [0, 0.05) is 0 Å². The monoisotopic (exact) mass is 211 g/mol. The normalized spacial score (nSPS) is 29.4. The summed E-state index contributed by atoms with van der Waals surface area (Å²) < 4.78 is 0. The van der Waals surface area contributed by atoms with Crippen LogP contribution >= 0.6 is 11.3 Å². The number of aryl methyl sites for hydroxylation is 1. The quantitative estimate of drug-likeness (QED) is 0.816. The predicted molar refractivity (Wildman–Crippen MR) is 58.3 cm³/mol. The van der Waals surface area contributed by atoms with E-state index in [1.165, 1.54) is 19.3 Å². The highest BCUT2D eigenvalue weighted by molar-refractivity contribution is 7.09. The molecule has 1 N–H and O–H groups in total. The Bertz CT molecular complexity index is 310. The second kappa shape index (κ2) is 3.99. The molecule has 0 aliphatic heterocycles. The SMILES string of the molecule is Cc1ncsc1C(O)C1CCC(C)C1. The molecule has 1 saturated carbocycles. The number of rotatable bonds is 2. The number of aliphatic hydroxyl groups excluding tert-OH is 1. The highest BCUT2D eigenvalue weighted by Crippen LogP contribution is 2.40. The first-order valence-corrected chi connectivity index (χ1v) is 6.14. The molecular weight excluding hydrogens is 194 g/mol. The van der Waals surface area contributed by atoms with Gasteiger partial charge in [0.2, 0.25) is 0 Å². The second-order valence-electron chi connectivity index (χ2n) is 4.43. The van der Waals surface area contributed by atoms with E-state index in [-0.39, 0.29) is 6.10 Å². The van der Waals surface area contributed by atoms with Crippen LogP contribution in [0.1, 0.15) is 42.9 Å². The summed E-state index contributed by atoms with van der Waals surface area (Å²) in [4.78, 5) is 5.26. The maximum Gasteiger partial charge on any atom is 0.0928 e. The minimum absolute atomic E-state index is 0.271. The average molecular weight is 211 g/mol. The third-order valence-electron chi connectivity index (χ3n) is 3.23. The molecule has 14 heavy (non-hydrogen) atoms. The Kier molecular flexibility index (Phi) is 2.88. The predicted octanol–water partition coefficient (Wildman–Crippen LogP) is 2.92. The van der Waals surface area contributed by atoms with Crippen LogP contribution in [-0.2, 0) is 0 Å². The lowest BCUT2D eigenvalue weighted by Gasteiger charge is -2.16. The Labute approximate surface area is 89.0 Å². The standard InChI is InChI=1S/C11H17NOS/c1-7-3-4-9(5-7)10(13)11-8(2)12-6-14-11/h6-7,9-10,13H,3-5H2,1-2H3. The summed E-state index contributed by atoms with van der Waals surface area (Å²) in [6, 6.07) is 0. The Morgan fingerprint density at radius 3 is 2.86 bits per heavy atom. The second-order valence-corrected chi connectivity index (χ2v) is 5.31. The van der Waals surface area contributed by atoms with Crippen LogP contribution in [0.2, 0.25) is 0 Å². The molecule has 1 aromatic heterocycles. The van der Waals surface area contributed by atoms with Gasteiger partial charge in [-0.3, -0.25) is 0 Å². The molecule has 1 fully saturated rings. The molecule has 1 aliphatic carbocycles. The lowest BCUT2D eigenvalue weighted by molar-refractivity contribution is 0.112. The molecule has 2 nitrogen and oxygen atoms in total. The number of aromatic nitrogens is 1. The lowest BCUT2D eigenvalue weighted by atomic mass is 9.98. The van der Waals surface area contributed by atoms with Crippen LogP contribution in [0.3, 0.4) is 0 Å². The Hall–Kier alpha value is -0.410. The molecule has 3 heteroatoms. The molecule has 0 saturated heterocycles. The van der Waals surface area contributed by atoms with E-state index in [0.717, 1.165) is 16.5 Å². The third-order valence-corrected chi connectivity index (χ3v) is 4.23. The van der Waals surface area contributed by atoms with Crippen molar-refractivity contribution in [2.24, 2.45) is 11.8 Å². The number of hydrogen-bond acceptors (Lipinski definition) is 3. The highest BCUT2D eigenvalue weighted by Gasteiger charge is 2.30. The molecule has 0 bridgehead atoms. The maximum atomic E-state index is 10.2. The van der Waals surface area contributed by atoms with Crippen molar-refractivity contribution in [1.82, 2.24) is 4.98 Å². The van der Waals surface area contributed by atoms with Crippen molar-refractivity contribution in [2.45, 2.75) is 39.2 Å².